The van der Waals surface area contributed by atoms with Crippen LogP contribution in [0.5, 0.6) is 0 Å². The van der Waals surface area contributed by atoms with Crippen molar-refractivity contribution in [1.29, 1.82) is 0 Å². The van der Waals surface area contributed by atoms with Crippen molar-refractivity contribution >= 4 is 46.5 Å². The fourth-order valence-corrected chi connectivity index (χ4v) is 3.20. The van der Waals surface area contributed by atoms with E-state index in [1.807, 2.05) is 26.0 Å². The lowest BCUT2D eigenvalue weighted by molar-refractivity contribution is 0.0956. The maximum absolute atomic E-state index is 13.0. The molecule has 2 aromatic rings. The second-order valence-electron chi connectivity index (χ2n) is 6.98. The van der Waals surface area contributed by atoms with Gasteiger partial charge in [-0.2, -0.15) is 5.10 Å². The van der Waals surface area contributed by atoms with Crippen molar-refractivity contribution in [3.8, 4) is 0 Å². The number of hydrogen-bond acceptors (Lipinski definition) is 4. The first-order chi connectivity index (χ1) is 15.1. The largest absolute Gasteiger partial charge is 0.383 e. The maximum atomic E-state index is 13.0. The van der Waals surface area contributed by atoms with Crippen LogP contribution in [-0.4, -0.2) is 28.1 Å². The van der Waals surface area contributed by atoms with Crippen molar-refractivity contribution in [1.82, 2.24) is 15.1 Å². The molecule has 0 saturated heterocycles. The van der Waals surface area contributed by atoms with Gasteiger partial charge in [-0.15, -0.1) is 0 Å². The lowest BCUT2D eigenvalue weighted by Gasteiger charge is -2.14. The predicted octanol–water partition coefficient (Wildman–Crippen LogP) is 5.64. The van der Waals surface area contributed by atoms with Gasteiger partial charge in [0.1, 0.15) is 11.5 Å². The molecule has 2 amide bonds. The standard InChI is InChI=1S/C20H23Cl2N5O2.C3H8/c1-5-7-11(3)18(23)27-16(8-12(4)26-27)20(29)25-17-14(19(28)24-6-2)9-13(21)10-15(17)22;1-3-2/h5,7-10H,6,23H2,1-4H3,(H,24,28)(H,25,29);3H2,1-2H3/b7-5-,18-11+;. The average Bonchev–Trinajstić information content (AvgIpc) is 3.11. The molecular weight excluding hydrogens is 449 g/mol. The number of hydrogen-bond donors (Lipinski definition) is 3. The first-order valence-corrected chi connectivity index (χ1v) is 11.1. The van der Waals surface area contributed by atoms with Crippen molar-refractivity contribution in [3.05, 3.63) is 62.9 Å². The van der Waals surface area contributed by atoms with Gasteiger partial charge >= 0.3 is 0 Å². The van der Waals surface area contributed by atoms with Crippen LogP contribution in [0.15, 0.2) is 35.9 Å². The number of aromatic nitrogens is 2. The molecule has 7 nitrogen and oxygen atoms in total. The van der Waals surface area contributed by atoms with E-state index in [2.05, 4.69) is 29.6 Å². The first kappa shape index (κ1) is 27.3. The van der Waals surface area contributed by atoms with E-state index >= 15 is 0 Å². The van der Waals surface area contributed by atoms with Crippen molar-refractivity contribution < 1.29 is 9.59 Å². The number of amides is 2. The summed E-state index contributed by atoms with van der Waals surface area (Å²) in [7, 11) is 0. The molecule has 0 saturated carbocycles. The summed E-state index contributed by atoms with van der Waals surface area (Å²) in [5.41, 5.74) is 8.06. The molecule has 1 aromatic heterocycles. The first-order valence-electron chi connectivity index (χ1n) is 10.4. The summed E-state index contributed by atoms with van der Waals surface area (Å²) in [5, 5.41) is 10.1. The van der Waals surface area contributed by atoms with Gasteiger partial charge in [0.25, 0.3) is 11.8 Å². The monoisotopic (exact) mass is 479 g/mol. The summed E-state index contributed by atoms with van der Waals surface area (Å²) in [6.07, 6.45) is 4.90. The molecule has 0 spiro atoms. The molecule has 32 heavy (non-hydrogen) atoms. The van der Waals surface area contributed by atoms with Crippen LogP contribution in [0.4, 0.5) is 5.69 Å². The molecule has 174 valence electrons. The van der Waals surface area contributed by atoms with Crippen LogP contribution in [-0.2, 0) is 0 Å². The zero-order valence-corrected chi connectivity index (χ0v) is 20.9. The lowest BCUT2D eigenvalue weighted by atomic mass is 10.1. The van der Waals surface area contributed by atoms with E-state index in [9.17, 15) is 9.59 Å². The number of nitrogens with zero attached hydrogens (tertiary/aromatic N) is 2. The van der Waals surface area contributed by atoms with Gasteiger partial charge in [-0.25, -0.2) is 4.68 Å². The molecule has 4 N–H and O–H groups in total. The minimum absolute atomic E-state index is 0.142. The minimum Gasteiger partial charge on any atom is -0.383 e. The number of carbonyl (C=O) groups excluding carboxylic acids is 2. The van der Waals surface area contributed by atoms with Gasteiger partial charge in [0, 0.05) is 11.6 Å². The number of rotatable bonds is 6. The Hall–Kier alpha value is -2.77. The third-order valence-electron chi connectivity index (χ3n) is 3.99. The maximum Gasteiger partial charge on any atom is 0.274 e. The smallest absolute Gasteiger partial charge is 0.274 e. The van der Waals surface area contributed by atoms with E-state index in [0.717, 1.165) is 5.57 Å². The van der Waals surface area contributed by atoms with Crippen molar-refractivity contribution in [3.63, 3.8) is 0 Å². The van der Waals surface area contributed by atoms with Crippen LogP contribution in [0.2, 0.25) is 10.0 Å². The topological polar surface area (TPSA) is 102 Å². The molecule has 2 rings (SSSR count). The molecule has 0 bridgehead atoms. The number of nitrogens with one attached hydrogen (secondary N) is 2. The molecule has 0 atom stereocenters. The zero-order chi connectivity index (χ0) is 24.4. The number of nitrogens with two attached hydrogens (primary N) is 1. The van der Waals surface area contributed by atoms with Crippen LogP contribution >= 0.6 is 23.2 Å². The Labute approximate surface area is 199 Å². The highest BCUT2D eigenvalue weighted by Gasteiger charge is 2.22. The lowest BCUT2D eigenvalue weighted by Crippen LogP contribution is -2.26. The van der Waals surface area contributed by atoms with E-state index in [1.165, 1.54) is 23.2 Å². The minimum atomic E-state index is -0.517. The fraction of sp³-hybridized carbons (Fsp3) is 0.348. The summed E-state index contributed by atoms with van der Waals surface area (Å²) < 4.78 is 1.36. The highest BCUT2D eigenvalue weighted by molar-refractivity contribution is 6.38. The van der Waals surface area contributed by atoms with Gasteiger partial charge in [0.05, 0.1) is 22.0 Å². The van der Waals surface area contributed by atoms with Gasteiger partial charge in [0.2, 0.25) is 0 Å². The van der Waals surface area contributed by atoms with Crippen LogP contribution in [0, 0.1) is 6.92 Å². The van der Waals surface area contributed by atoms with E-state index in [1.54, 1.807) is 19.9 Å². The summed E-state index contributed by atoms with van der Waals surface area (Å²) >= 11 is 12.3. The summed E-state index contributed by atoms with van der Waals surface area (Å²) in [6.45, 7) is 11.9. The third kappa shape index (κ3) is 7.14. The van der Waals surface area contributed by atoms with Crippen LogP contribution in [0.3, 0.4) is 0 Å². The quantitative estimate of drug-likeness (QED) is 0.466. The van der Waals surface area contributed by atoms with Gasteiger partial charge in [-0.05, 0) is 51.5 Å². The van der Waals surface area contributed by atoms with E-state index in [4.69, 9.17) is 28.9 Å². The number of allylic oxidation sites excluding steroid dienone is 3. The predicted molar refractivity (Wildman–Crippen MR) is 133 cm³/mol. The van der Waals surface area contributed by atoms with Gasteiger partial charge < -0.3 is 16.4 Å². The molecule has 0 fully saturated rings. The highest BCUT2D eigenvalue weighted by Crippen LogP contribution is 2.31. The molecular formula is C23H31Cl2N5O2. The Balaban J connectivity index is 0.00000161. The Morgan fingerprint density at radius 1 is 1.16 bits per heavy atom. The number of anilines is 1. The Bertz CT molecular complexity index is 1030. The molecule has 0 aliphatic heterocycles. The molecule has 0 aliphatic carbocycles. The van der Waals surface area contributed by atoms with E-state index in [-0.39, 0.29) is 27.0 Å². The van der Waals surface area contributed by atoms with Crippen molar-refractivity contribution in [2.45, 2.75) is 48.0 Å². The molecule has 9 heteroatoms. The molecule has 0 unspecified atom stereocenters. The summed E-state index contributed by atoms with van der Waals surface area (Å²) in [4.78, 5) is 25.4. The van der Waals surface area contributed by atoms with Crippen LogP contribution in [0.25, 0.3) is 5.82 Å². The van der Waals surface area contributed by atoms with Gasteiger partial charge in [0.15, 0.2) is 0 Å². The second-order valence-corrected chi connectivity index (χ2v) is 7.83. The zero-order valence-electron chi connectivity index (χ0n) is 19.3. The molecule has 0 aliphatic rings. The van der Waals surface area contributed by atoms with Crippen molar-refractivity contribution in [2.75, 3.05) is 11.9 Å². The van der Waals surface area contributed by atoms with Crippen molar-refractivity contribution in [2.24, 2.45) is 5.73 Å². The Kier molecular flexibility index (Phi) is 11.0. The van der Waals surface area contributed by atoms with Crippen LogP contribution in [0.1, 0.15) is 67.6 Å². The van der Waals surface area contributed by atoms with Gasteiger partial charge in [-0.3, -0.25) is 9.59 Å². The van der Waals surface area contributed by atoms with E-state index in [0.29, 0.717) is 18.1 Å². The van der Waals surface area contributed by atoms with Crippen LogP contribution < -0.4 is 16.4 Å². The Morgan fingerprint density at radius 3 is 2.34 bits per heavy atom. The molecule has 0 radical (unpaired) electrons. The molecule has 1 heterocycles. The fourth-order valence-electron chi connectivity index (χ4n) is 2.66. The summed E-state index contributed by atoms with van der Waals surface area (Å²) in [5.74, 6) is -0.607. The Morgan fingerprint density at radius 2 is 1.78 bits per heavy atom. The van der Waals surface area contributed by atoms with E-state index < -0.39 is 11.8 Å². The number of carbonyl (C=O) groups is 2. The summed E-state index contributed by atoms with van der Waals surface area (Å²) in [6, 6.07) is 4.50. The number of aryl methyl sites for hydroxylation is 1. The van der Waals surface area contributed by atoms with Gasteiger partial charge in [-0.1, -0.05) is 55.6 Å². The number of halogens is 2. The average molecular weight is 480 g/mol. The third-order valence-corrected chi connectivity index (χ3v) is 4.50. The SMILES string of the molecule is C/C=C\C(C)=C(/N)n1nc(C)cc1C(=O)Nc1c(Cl)cc(Cl)cc1C(=O)NCC.CCC. The number of benzene rings is 1. The molecule has 1 aromatic carbocycles. The highest BCUT2D eigenvalue weighted by atomic mass is 35.5. The normalized spacial score (nSPS) is 11.5. The second kappa shape index (κ2) is 12.9.